The second kappa shape index (κ2) is 4.91. The number of allylic oxidation sites excluding steroid dienone is 4. The minimum absolute atomic E-state index is 0.128. The van der Waals surface area contributed by atoms with Gasteiger partial charge < -0.3 is 0 Å². The van der Waals surface area contributed by atoms with Crippen LogP contribution in [-0.2, 0) is 4.79 Å². The van der Waals surface area contributed by atoms with E-state index in [-0.39, 0.29) is 5.78 Å². The number of hydrogen-bond donors (Lipinski definition) is 0. The van der Waals surface area contributed by atoms with E-state index < -0.39 is 0 Å². The van der Waals surface area contributed by atoms with Gasteiger partial charge in [0.1, 0.15) is 0 Å². The zero-order valence-electron chi connectivity index (χ0n) is 8.64. The van der Waals surface area contributed by atoms with Crippen LogP contribution in [0.2, 0.25) is 0 Å². The van der Waals surface area contributed by atoms with Gasteiger partial charge >= 0.3 is 0 Å². The summed E-state index contributed by atoms with van der Waals surface area (Å²) >= 11 is 0. The monoisotopic (exact) mass is 166 g/mol. The van der Waals surface area contributed by atoms with Crippen LogP contribution in [0.25, 0.3) is 0 Å². The minimum atomic E-state index is 0.128. The van der Waals surface area contributed by atoms with Crippen molar-refractivity contribution >= 4 is 5.78 Å². The largest absolute Gasteiger partial charge is 0.290 e. The first-order valence-corrected chi connectivity index (χ1v) is 4.35. The number of rotatable bonds is 3. The predicted octanol–water partition coefficient (Wildman–Crippen LogP) is 3.12. The van der Waals surface area contributed by atoms with Crippen LogP contribution in [0.15, 0.2) is 23.3 Å². The second-order valence-corrected chi connectivity index (χ2v) is 3.33. The maximum Gasteiger partial charge on any atom is 0.181 e. The highest BCUT2D eigenvalue weighted by molar-refractivity contribution is 6.03. The summed E-state index contributed by atoms with van der Waals surface area (Å²) < 4.78 is 0. The van der Waals surface area contributed by atoms with E-state index in [0.29, 0.717) is 5.92 Å². The molecular weight excluding hydrogens is 148 g/mol. The van der Waals surface area contributed by atoms with Gasteiger partial charge in [-0.2, -0.15) is 0 Å². The number of carbonyl (C=O) groups is 1. The third-order valence-corrected chi connectivity index (χ3v) is 2.15. The summed E-state index contributed by atoms with van der Waals surface area (Å²) in [5.41, 5.74) is 2.06. The number of carbonyl (C=O) groups excluding carboxylic acids is 1. The molecule has 0 fully saturated rings. The molecule has 1 nitrogen and oxygen atoms in total. The van der Waals surface area contributed by atoms with Gasteiger partial charge in [-0.15, -0.1) is 0 Å². The van der Waals surface area contributed by atoms with Gasteiger partial charge in [0.2, 0.25) is 0 Å². The molecule has 0 saturated carbocycles. The smallest absolute Gasteiger partial charge is 0.181 e. The van der Waals surface area contributed by atoms with E-state index in [1.807, 2.05) is 20.8 Å². The lowest BCUT2D eigenvalue weighted by Gasteiger charge is -2.08. The van der Waals surface area contributed by atoms with E-state index in [4.69, 9.17) is 0 Å². The Balaban J connectivity index is 4.66. The fourth-order valence-electron chi connectivity index (χ4n) is 0.904. The van der Waals surface area contributed by atoms with E-state index in [1.165, 1.54) is 5.57 Å². The first-order valence-electron chi connectivity index (χ1n) is 4.35. The average Bonchev–Trinajstić information content (AvgIpc) is 2.02. The van der Waals surface area contributed by atoms with Crippen LogP contribution in [0, 0.1) is 5.92 Å². The summed E-state index contributed by atoms with van der Waals surface area (Å²) in [5, 5.41) is 0. The molecule has 0 aliphatic rings. The molecule has 0 aromatic rings. The van der Waals surface area contributed by atoms with Crippen molar-refractivity contribution in [3.63, 3.8) is 0 Å². The van der Waals surface area contributed by atoms with E-state index in [2.05, 4.69) is 13.8 Å². The van der Waals surface area contributed by atoms with Crippen molar-refractivity contribution in [2.75, 3.05) is 0 Å². The Bertz CT molecular complexity index is 219. The Morgan fingerprint density at radius 1 is 1.25 bits per heavy atom. The zero-order valence-corrected chi connectivity index (χ0v) is 8.64. The van der Waals surface area contributed by atoms with Crippen LogP contribution in [0.5, 0.6) is 0 Å². The lowest BCUT2D eigenvalue weighted by molar-refractivity contribution is -0.111. The second-order valence-electron chi connectivity index (χ2n) is 3.33. The Labute approximate surface area is 75.2 Å². The molecule has 0 aliphatic carbocycles. The first kappa shape index (κ1) is 11.2. The molecule has 0 unspecified atom stereocenters. The molecule has 1 heteroatoms. The van der Waals surface area contributed by atoms with Crippen LogP contribution in [0.3, 0.4) is 0 Å². The Morgan fingerprint density at radius 2 is 1.75 bits per heavy atom. The molecule has 0 aromatic heterocycles. The molecule has 0 atom stereocenters. The van der Waals surface area contributed by atoms with Crippen molar-refractivity contribution in [2.45, 2.75) is 34.6 Å². The van der Waals surface area contributed by atoms with Crippen molar-refractivity contribution in [3.05, 3.63) is 23.3 Å². The topological polar surface area (TPSA) is 17.1 Å². The van der Waals surface area contributed by atoms with Crippen LogP contribution in [0.4, 0.5) is 0 Å². The Hall–Kier alpha value is -0.850. The molecule has 68 valence electrons. The molecule has 12 heavy (non-hydrogen) atoms. The highest BCUT2D eigenvalue weighted by atomic mass is 16.1. The molecule has 0 amide bonds. The van der Waals surface area contributed by atoms with Gasteiger partial charge in [-0.1, -0.05) is 25.5 Å². The average molecular weight is 166 g/mol. The lowest BCUT2D eigenvalue weighted by Crippen LogP contribution is -2.01. The van der Waals surface area contributed by atoms with Crippen molar-refractivity contribution < 1.29 is 4.79 Å². The molecule has 0 N–H and O–H groups in total. The third-order valence-electron chi connectivity index (χ3n) is 2.15. The highest BCUT2D eigenvalue weighted by Crippen LogP contribution is 2.14. The van der Waals surface area contributed by atoms with Gasteiger partial charge in [-0.3, -0.25) is 4.79 Å². The van der Waals surface area contributed by atoms with Gasteiger partial charge in [-0.05, 0) is 38.3 Å². The predicted molar refractivity (Wildman–Crippen MR) is 53.0 cm³/mol. The maximum atomic E-state index is 11.3. The van der Waals surface area contributed by atoms with E-state index >= 15 is 0 Å². The molecule has 0 radical (unpaired) electrons. The summed E-state index contributed by atoms with van der Waals surface area (Å²) in [7, 11) is 0. The molecule has 0 aliphatic heterocycles. The fraction of sp³-hybridized carbons (Fsp3) is 0.545. The zero-order chi connectivity index (χ0) is 9.72. The van der Waals surface area contributed by atoms with E-state index in [1.54, 1.807) is 12.2 Å². The molecule has 0 bridgehead atoms. The SMILES string of the molecule is CC=CC(=O)C(C)=C(C)C(C)C. The Morgan fingerprint density at radius 3 is 2.08 bits per heavy atom. The van der Waals surface area contributed by atoms with Gasteiger partial charge in [0.05, 0.1) is 0 Å². The normalized spacial score (nSPS) is 13.8. The first-order chi connectivity index (χ1) is 5.50. The summed E-state index contributed by atoms with van der Waals surface area (Å²) in [6.07, 6.45) is 3.39. The van der Waals surface area contributed by atoms with Gasteiger partial charge in [0, 0.05) is 0 Å². The molecular formula is C11H18O. The number of hydrogen-bond acceptors (Lipinski definition) is 1. The summed E-state index contributed by atoms with van der Waals surface area (Å²) in [5.74, 6) is 0.586. The maximum absolute atomic E-state index is 11.3. The van der Waals surface area contributed by atoms with Crippen LogP contribution >= 0.6 is 0 Å². The van der Waals surface area contributed by atoms with E-state index in [0.717, 1.165) is 5.57 Å². The fourth-order valence-corrected chi connectivity index (χ4v) is 0.904. The quantitative estimate of drug-likeness (QED) is 0.589. The Kier molecular flexibility index (Phi) is 4.57. The van der Waals surface area contributed by atoms with Crippen molar-refractivity contribution in [1.82, 2.24) is 0 Å². The summed E-state index contributed by atoms with van der Waals surface area (Å²) in [6, 6.07) is 0. The van der Waals surface area contributed by atoms with Crippen molar-refractivity contribution in [2.24, 2.45) is 5.92 Å². The van der Waals surface area contributed by atoms with Gasteiger partial charge in [0.25, 0.3) is 0 Å². The highest BCUT2D eigenvalue weighted by Gasteiger charge is 2.06. The molecule has 0 heterocycles. The minimum Gasteiger partial charge on any atom is -0.290 e. The third kappa shape index (κ3) is 3.04. The molecule has 0 spiro atoms. The standard InChI is InChI=1S/C11H18O/c1-6-7-11(12)10(5)9(4)8(2)3/h6-8H,1-5H3. The van der Waals surface area contributed by atoms with Crippen molar-refractivity contribution in [1.29, 1.82) is 0 Å². The molecule has 0 rings (SSSR count). The summed E-state index contributed by atoms with van der Waals surface area (Å²) in [6.45, 7) is 9.96. The van der Waals surface area contributed by atoms with Crippen molar-refractivity contribution in [3.8, 4) is 0 Å². The lowest BCUT2D eigenvalue weighted by atomic mass is 9.97. The summed E-state index contributed by atoms with van der Waals surface area (Å²) in [4.78, 5) is 11.3. The van der Waals surface area contributed by atoms with Gasteiger partial charge in [-0.25, -0.2) is 0 Å². The van der Waals surface area contributed by atoms with Crippen LogP contribution < -0.4 is 0 Å². The van der Waals surface area contributed by atoms with Gasteiger partial charge in [0.15, 0.2) is 5.78 Å². The molecule has 0 saturated heterocycles. The van der Waals surface area contributed by atoms with Crippen LogP contribution in [0.1, 0.15) is 34.6 Å². The van der Waals surface area contributed by atoms with Crippen LogP contribution in [-0.4, -0.2) is 5.78 Å². The molecule has 0 aromatic carbocycles. The van der Waals surface area contributed by atoms with E-state index in [9.17, 15) is 4.79 Å². The number of ketones is 1.